The van der Waals surface area contributed by atoms with Crippen LogP contribution in [0, 0.1) is 10.8 Å². The van der Waals surface area contributed by atoms with Crippen LogP contribution in [0.25, 0.3) is 10.9 Å². The zero-order chi connectivity index (χ0) is 39.1. The van der Waals surface area contributed by atoms with Gasteiger partial charge in [0.15, 0.2) is 0 Å². The second-order valence-electron chi connectivity index (χ2n) is 15.7. The molecular formula is C38H54N8O7. The van der Waals surface area contributed by atoms with Crippen molar-refractivity contribution in [1.29, 1.82) is 5.41 Å². The number of ether oxygens (including phenoxy) is 2. The van der Waals surface area contributed by atoms with Crippen LogP contribution in [0.1, 0.15) is 80.6 Å². The average Bonchev–Trinajstić information content (AvgIpc) is 3.80. The first-order chi connectivity index (χ1) is 24.9. The Morgan fingerprint density at radius 3 is 2.38 bits per heavy atom. The number of ketones is 1. The summed E-state index contributed by atoms with van der Waals surface area (Å²) in [5.74, 6) is -1.16. The molecule has 53 heavy (non-hydrogen) atoms. The van der Waals surface area contributed by atoms with Gasteiger partial charge >= 0.3 is 6.03 Å². The third-order valence-corrected chi connectivity index (χ3v) is 8.77. The van der Waals surface area contributed by atoms with Gasteiger partial charge in [0.25, 0.3) is 5.91 Å². The molecule has 0 unspecified atom stereocenters. The van der Waals surface area contributed by atoms with Crippen LogP contribution in [0.2, 0.25) is 0 Å². The van der Waals surface area contributed by atoms with E-state index in [0.717, 1.165) is 19.1 Å². The van der Waals surface area contributed by atoms with E-state index in [2.05, 4.69) is 31.6 Å². The summed E-state index contributed by atoms with van der Waals surface area (Å²) in [4.78, 5) is 73.8. The number of anilines is 1. The minimum Gasteiger partial charge on any atom is -0.497 e. The predicted molar refractivity (Wildman–Crippen MR) is 202 cm³/mol. The van der Waals surface area contributed by atoms with E-state index in [1.807, 2.05) is 48.5 Å². The normalized spacial score (nSPS) is 18.5. The van der Waals surface area contributed by atoms with Gasteiger partial charge < -0.3 is 46.4 Å². The Hall–Kier alpha value is -5.21. The van der Waals surface area contributed by atoms with Crippen LogP contribution in [0.4, 0.5) is 10.6 Å². The van der Waals surface area contributed by atoms with Gasteiger partial charge in [-0.15, -0.1) is 0 Å². The predicted octanol–water partition coefficient (Wildman–Crippen LogP) is 3.81. The molecule has 2 fully saturated rings. The Labute approximate surface area is 310 Å². The fourth-order valence-corrected chi connectivity index (χ4v) is 6.00. The van der Waals surface area contributed by atoms with Crippen LogP contribution in [0.15, 0.2) is 36.5 Å². The fraction of sp³-hybridized carbons (Fsp3) is 0.553. The number of hydrogen-bond donors (Lipinski definition) is 6. The molecule has 4 atom stereocenters. The smallest absolute Gasteiger partial charge is 0.315 e. The number of likely N-dealkylation sites (tertiary alicyclic amines) is 1. The lowest BCUT2D eigenvalue weighted by molar-refractivity contribution is -0.144. The SMILES string of the molecule is CCC[C@H](NC(=O)[C@@H]1C[C@@H](Oc2cc(N/C=C\C=N)nc3cc(OC)ccc23)CN1C(=O)[C@@H](NC(=O)NC(C)(C)C)C(C)(C)C)C(=O)C(=O)NC1CC1. The second kappa shape index (κ2) is 17.1. The molecule has 1 aliphatic heterocycles. The van der Waals surface area contributed by atoms with Gasteiger partial charge in [0.2, 0.25) is 17.6 Å². The topological polar surface area (TPSA) is 204 Å². The van der Waals surface area contributed by atoms with E-state index >= 15 is 0 Å². The maximum absolute atomic E-state index is 14.5. The Bertz CT molecular complexity index is 1730. The maximum atomic E-state index is 14.5. The van der Waals surface area contributed by atoms with Crippen LogP contribution >= 0.6 is 0 Å². The van der Waals surface area contributed by atoms with Crippen LogP contribution in [0.5, 0.6) is 11.5 Å². The van der Waals surface area contributed by atoms with Gasteiger partial charge in [0, 0.05) is 47.9 Å². The minimum atomic E-state index is -1.09. The molecule has 0 spiro atoms. The minimum absolute atomic E-state index is 0.0168. The van der Waals surface area contributed by atoms with Gasteiger partial charge in [-0.3, -0.25) is 19.2 Å². The van der Waals surface area contributed by atoms with Gasteiger partial charge in [-0.1, -0.05) is 34.1 Å². The average molecular weight is 735 g/mol. The summed E-state index contributed by atoms with van der Waals surface area (Å²) in [5, 5.41) is 22.1. The van der Waals surface area contributed by atoms with Crippen molar-refractivity contribution in [2.75, 3.05) is 19.0 Å². The lowest BCUT2D eigenvalue weighted by Crippen LogP contribution is -2.61. The van der Waals surface area contributed by atoms with E-state index in [0.29, 0.717) is 34.6 Å². The van der Waals surface area contributed by atoms with E-state index < -0.39 is 64.7 Å². The number of nitrogens with zero attached hydrogens (tertiary/aromatic N) is 2. The Balaban J connectivity index is 1.69. The third-order valence-electron chi connectivity index (χ3n) is 8.77. The Morgan fingerprint density at radius 1 is 1.06 bits per heavy atom. The van der Waals surface area contributed by atoms with E-state index in [1.165, 1.54) is 11.0 Å². The number of rotatable bonds is 15. The summed E-state index contributed by atoms with van der Waals surface area (Å²) in [5.41, 5.74) is -0.781. The summed E-state index contributed by atoms with van der Waals surface area (Å²) >= 11 is 0. The van der Waals surface area contributed by atoms with Gasteiger partial charge in [0.05, 0.1) is 25.2 Å². The van der Waals surface area contributed by atoms with Crippen molar-refractivity contribution in [3.63, 3.8) is 0 Å². The van der Waals surface area contributed by atoms with Gasteiger partial charge in [-0.05, 0) is 63.7 Å². The maximum Gasteiger partial charge on any atom is 0.315 e. The number of hydrogen-bond acceptors (Lipinski definition) is 10. The highest BCUT2D eigenvalue weighted by atomic mass is 16.5. The lowest BCUT2D eigenvalue weighted by atomic mass is 9.85. The van der Waals surface area contributed by atoms with Crippen LogP contribution < -0.4 is 36.1 Å². The molecule has 4 rings (SSSR count). The largest absolute Gasteiger partial charge is 0.497 e. The Morgan fingerprint density at radius 2 is 1.77 bits per heavy atom. The van der Waals surface area contributed by atoms with Crippen molar-refractivity contribution >= 4 is 52.5 Å². The van der Waals surface area contributed by atoms with Gasteiger partial charge in [-0.2, -0.15) is 0 Å². The molecule has 1 saturated heterocycles. The molecule has 15 heteroatoms. The van der Waals surface area contributed by atoms with Crippen molar-refractivity contribution in [3.8, 4) is 11.5 Å². The summed E-state index contributed by atoms with van der Waals surface area (Å²) in [6, 6.07) is 3.23. The highest BCUT2D eigenvalue weighted by Gasteiger charge is 2.47. The number of urea groups is 1. The van der Waals surface area contributed by atoms with E-state index in [9.17, 15) is 24.0 Å². The standard InChI is InChI=1S/C38H54N8O7/c1-9-11-26(31(47)34(49)41-22-12-13-22)43-33(48)28-19-24(21-46(28)35(50)32(37(2,3)4)44-36(51)45-38(5,6)7)53-29-20-30(40-17-10-16-39)42-27-18-23(52-8)14-15-25(27)29/h10,14-18,20,22,24,26,28,32,39H,9,11-13,19,21H2,1-8H3,(H,40,42)(H,41,49)(H,43,48)(H2,44,45,51)/b17-10-,39-16?/t24-,26+,28+,32-/m1/s1. The van der Waals surface area contributed by atoms with Gasteiger partial charge in [-0.25, -0.2) is 9.78 Å². The van der Waals surface area contributed by atoms with E-state index in [1.54, 1.807) is 37.6 Å². The van der Waals surface area contributed by atoms with E-state index in [-0.39, 0.29) is 25.4 Å². The Kier molecular flexibility index (Phi) is 13.1. The molecule has 0 radical (unpaired) electrons. The third kappa shape index (κ3) is 11.1. The number of carbonyl (C=O) groups is 5. The number of nitrogens with one attached hydrogen (secondary N) is 6. The number of fused-ring (bicyclic) bond motifs is 1. The molecule has 6 N–H and O–H groups in total. The van der Waals surface area contributed by atoms with Gasteiger partial charge in [0.1, 0.15) is 35.5 Å². The van der Waals surface area contributed by atoms with Crippen LogP contribution in [-0.4, -0.2) is 95.1 Å². The van der Waals surface area contributed by atoms with E-state index in [4.69, 9.17) is 14.9 Å². The molecule has 1 aromatic carbocycles. The molecule has 1 saturated carbocycles. The second-order valence-corrected chi connectivity index (χ2v) is 15.7. The first kappa shape index (κ1) is 40.6. The highest BCUT2D eigenvalue weighted by molar-refractivity contribution is 6.38. The number of Topliss-reactive ketones (excluding diaryl/α,β-unsaturated/α-hetero) is 1. The zero-order valence-corrected chi connectivity index (χ0v) is 31.9. The first-order valence-electron chi connectivity index (χ1n) is 18.1. The molecule has 5 amide bonds. The van der Waals surface area contributed by atoms with Crippen molar-refractivity contribution in [2.45, 2.75) is 116 Å². The van der Waals surface area contributed by atoms with Crippen molar-refractivity contribution in [2.24, 2.45) is 5.41 Å². The molecule has 2 heterocycles. The molecule has 2 aromatic rings. The number of amides is 5. The number of aromatic nitrogens is 1. The molecule has 0 bridgehead atoms. The molecular weight excluding hydrogens is 680 g/mol. The number of carbonyl (C=O) groups excluding carboxylic acids is 5. The zero-order valence-electron chi connectivity index (χ0n) is 31.9. The number of methoxy groups -OCH3 is 1. The summed E-state index contributed by atoms with van der Waals surface area (Å²) in [7, 11) is 1.55. The first-order valence-corrected chi connectivity index (χ1v) is 18.1. The van der Waals surface area contributed by atoms with Crippen molar-refractivity contribution < 1.29 is 33.4 Å². The summed E-state index contributed by atoms with van der Waals surface area (Å²) in [6.07, 6.45) is 5.89. The number of pyridine rings is 1. The van der Waals surface area contributed by atoms with Crippen molar-refractivity contribution in [3.05, 3.63) is 36.5 Å². The van der Waals surface area contributed by atoms with Crippen LogP contribution in [0.3, 0.4) is 0 Å². The molecule has 1 aromatic heterocycles. The summed E-state index contributed by atoms with van der Waals surface area (Å²) < 4.78 is 12.0. The van der Waals surface area contributed by atoms with Crippen molar-refractivity contribution in [1.82, 2.24) is 31.2 Å². The highest BCUT2D eigenvalue weighted by Crippen LogP contribution is 2.34. The lowest BCUT2D eigenvalue weighted by Gasteiger charge is -2.36. The molecule has 15 nitrogen and oxygen atoms in total. The summed E-state index contributed by atoms with van der Waals surface area (Å²) in [6.45, 7) is 12.8. The monoisotopic (exact) mass is 734 g/mol. The number of allylic oxidation sites excluding steroid dienone is 1. The molecule has 2 aliphatic rings. The molecule has 288 valence electrons. The quantitative estimate of drug-likeness (QED) is 0.116. The van der Waals surface area contributed by atoms with Crippen LogP contribution in [-0.2, 0) is 19.2 Å². The number of benzene rings is 1. The fourth-order valence-electron chi connectivity index (χ4n) is 6.00. The molecule has 1 aliphatic carbocycles.